The molecule has 1 heterocycles. The maximum absolute atomic E-state index is 11.5. The van der Waals surface area contributed by atoms with Gasteiger partial charge in [0.05, 0.1) is 0 Å². The van der Waals surface area contributed by atoms with Gasteiger partial charge in [0.2, 0.25) is 5.91 Å². The Balaban J connectivity index is 1.89. The number of aliphatic hydroxyl groups is 1. The van der Waals surface area contributed by atoms with Gasteiger partial charge in [-0.25, -0.2) is 0 Å². The molecule has 3 heteroatoms. The van der Waals surface area contributed by atoms with Crippen molar-refractivity contribution in [3.8, 4) is 0 Å². The summed E-state index contributed by atoms with van der Waals surface area (Å²) in [6.07, 6.45) is 3.05. The third kappa shape index (κ3) is 1.85. The Morgan fingerprint density at radius 3 is 2.77 bits per heavy atom. The van der Waals surface area contributed by atoms with Crippen molar-refractivity contribution >= 4 is 5.91 Å². The highest BCUT2D eigenvalue weighted by atomic mass is 16.3. The summed E-state index contributed by atoms with van der Waals surface area (Å²) in [4.78, 5) is 13.4. The van der Waals surface area contributed by atoms with Crippen LogP contribution in [0, 0.1) is 11.3 Å². The smallest absolute Gasteiger partial charge is 0.223 e. The van der Waals surface area contributed by atoms with Gasteiger partial charge >= 0.3 is 0 Å². The Morgan fingerprint density at radius 1 is 1.62 bits per heavy atom. The third-order valence-electron chi connectivity index (χ3n) is 3.23. The lowest BCUT2D eigenvalue weighted by Gasteiger charge is -2.20. The first-order valence-electron chi connectivity index (χ1n) is 5.02. The highest BCUT2D eigenvalue weighted by Crippen LogP contribution is 2.46. The molecule has 2 rings (SSSR count). The Labute approximate surface area is 78.7 Å². The molecule has 1 saturated carbocycles. The normalized spacial score (nSPS) is 31.1. The molecule has 1 aliphatic carbocycles. The van der Waals surface area contributed by atoms with Crippen molar-refractivity contribution < 1.29 is 9.90 Å². The second kappa shape index (κ2) is 2.98. The molecular weight excluding hydrogens is 166 g/mol. The Morgan fingerprint density at radius 2 is 2.31 bits per heavy atom. The van der Waals surface area contributed by atoms with Gasteiger partial charge in [-0.2, -0.15) is 0 Å². The molecule has 0 aromatic heterocycles. The molecule has 0 aromatic rings. The van der Waals surface area contributed by atoms with Gasteiger partial charge in [-0.3, -0.25) is 4.79 Å². The number of amides is 1. The van der Waals surface area contributed by atoms with Crippen LogP contribution in [0.3, 0.4) is 0 Å². The quantitative estimate of drug-likeness (QED) is 0.697. The molecular formula is C10H17NO2. The minimum atomic E-state index is 0.152. The van der Waals surface area contributed by atoms with Crippen molar-refractivity contribution in [1.82, 2.24) is 4.90 Å². The molecule has 1 atom stereocenters. The summed E-state index contributed by atoms with van der Waals surface area (Å²) in [6.45, 7) is 4.05. The maximum atomic E-state index is 11.5. The fraction of sp³-hybridized carbons (Fsp3) is 0.900. The van der Waals surface area contributed by atoms with E-state index in [2.05, 4.69) is 6.92 Å². The lowest BCUT2D eigenvalue weighted by atomic mass is 10.1. The van der Waals surface area contributed by atoms with Crippen molar-refractivity contribution in [2.75, 3.05) is 19.7 Å². The van der Waals surface area contributed by atoms with Crippen molar-refractivity contribution in [2.45, 2.75) is 26.2 Å². The van der Waals surface area contributed by atoms with E-state index in [0.29, 0.717) is 11.8 Å². The molecule has 0 bridgehead atoms. The third-order valence-corrected chi connectivity index (χ3v) is 3.23. The van der Waals surface area contributed by atoms with Crippen LogP contribution in [-0.4, -0.2) is 35.6 Å². The molecule has 0 aromatic carbocycles. The molecule has 2 fully saturated rings. The molecule has 1 amide bonds. The van der Waals surface area contributed by atoms with Crippen LogP contribution >= 0.6 is 0 Å². The first kappa shape index (κ1) is 9.00. The monoisotopic (exact) mass is 183 g/mol. The molecule has 1 unspecified atom stereocenters. The van der Waals surface area contributed by atoms with Gasteiger partial charge in [0.1, 0.15) is 0 Å². The van der Waals surface area contributed by atoms with E-state index in [0.717, 1.165) is 13.1 Å². The SMILES string of the molecule is CC1(CN2CC(CO)CC2=O)CC1. The zero-order valence-corrected chi connectivity index (χ0v) is 8.12. The number of hydrogen-bond acceptors (Lipinski definition) is 2. The van der Waals surface area contributed by atoms with E-state index in [1.54, 1.807) is 0 Å². The van der Waals surface area contributed by atoms with Crippen LogP contribution in [0.15, 0.2) is 0 Å². The van der Waals surface area contributed by atoms with Crippen LogP contribution in [0.1, 0.15) is 26.2 Å². The summed E-state index contributed by atoms with van der Waals surface area (Å²) in [7, 11) is 0. The van der Waals surface area contributed by atoms with Gasteiger partial charge in [-0.05, 0) is 18.3 Å². The number of carbonyl (C=O) groups excluding carboxylic acids is 1. The van der Waals surface area contributed by atoms with Crippen LogP contribution in [0.25, 0.3) is 0 Å². The van der Waals surface area contributed by atoms with Crippen LogP contribution in [-0.2, 0) is 4.79 Å². The summed E-state index contributed by atoms with van der Waals surface area (Å²) in [5.41, 5.74) is 0.403. The minimum absolute atomic E-state index is 0.152. The lowest BCUT2D eigenvalue weighted by Crippen LogP contribution is -2.31. The maximum Gasteiger partial charge on any atom is 0.223 e. The number of nitrogens with zero attached hydrogens (tertiary/aromatic N) is 1. The molecule has 74 valence electrons. The number of likely N-dealkylation sites (tertiary alicyclic amines) is 1. The fourth-order valence-corrected chi connectivity index (χ4v) is 1.96. The van der Waals surface area contributed by atoms with Gasteiger partial charge in [-0.15, -0.1) is 0 Å². The molecule has 0 spiro atoms. The first-order chi connectivity index (χ1) is 6.13. The van der Waals surface area contributed by atoms with E-state index < -0.39 is 0 Å². The van der Waals surface area contributed by atoms with Gasteiger partial charge in [0.15, 0.2) is 0 Å². The van der Waals surface area contributed by atoms with E-state index in [9.17, 15) is 4.79 Å². The van der Waals surface area contributed by atoms with Gasteiger partial charge in [0, 0.05) is 32.0 Å². The first-order valence-corrected chi connectivity index (χ1v) is 5.02. The summed E-state index contributed by atoms with van der Waals surface area (Å²) in [6, 6.07) is 0. The van der Waals surface area contributed by atoms with Crippen molar-refractivity contribution in [3.63, 3.8) is 0 Å². The summed E-state index contributed by atoms with van der Waals surface area (Å²) in [5.74, 6) is 0.419. The predicted molar refractivity (Wildman–Crippen MR) is 49.1 cm³/mol. The number of rotatable bonds is 3. The van der Waals surface area contributed by atoms with Gasteiger partial charge < -0.3 is 10.0 Å². The van der Waals surface area contributed by atoms with E-state index in [1.807, 2.05) is 4.90 Å². The molecule has 0 radical (unpaired) electrons. The van der Waals surface area contributed by atoms with Crippen LogP contribution in [0.2, 0.25) is 0 Å². The molecule has 1 N–H and O–H groups in total. The number of aliphatic hydroxyl groups excluding tert-OH is 1. The lowest BCUT2D eigenvalue weighted by molar-refractivity contribution is -0.128. The average molecular weight is 183 g/mol. The second-order valence-corrected chi connectivity index (χ2v) is 4.84. The van der Waals surface area contributed by atoms with Crippen molar-refractivity contribution in [1.29, 1.82) is 0 Å². The second-order valence-electron chi connectivity index (χ2n) is 4.84. The largest absolute Gasteiger partial charge is 0.396 e. The zero-order valence-electron chi connectivity index (χ0n) is 8.12. The summed E-state index contributed by atoms with van der Waals surface area (Å²) >= 11 is 0. The molecule has 13 heavy (non-hydrogen) atoms. The van der Waals surface area contributed by atoms with E-state index >= 15 is 0 Å². The molecule has 1 aliphatic heterocycles. The number of hydrogen-bond donors (Lipinski definition) is 1. The highest BCUT2D eigenvalue weighted by molar-refractivity contribution is 5.78. The van der Waals surface area contributed by atoms with Gasteiger partial charge in [-0.1, -0.05) is 6.92 Å². The Bertz CT molecular complexity index is 223. The van der Waals surface area contributed by atoms with Crippen LogP contribution < -0.4 is 0 Å². The van der Waals surface area contributed by atoms with E-state index in [-0.39, 0.29) is 18.4 Å². The van der Waals surface area contributed by atoms with Gasteiger partial charge in [0.25, 0.3) is 0 Å². The Hall–Kier alpha value is -0.570. The molecule has 2 aliphatic rings. The predicted octanol–water partition coefficient (Wildman–Crippen LogP) is 0.627. The molecule has 1 saturated heterocycles. The minimum Gasteiger partial charge on any atom is -0.396 e. The van der Waals surface area contributed by atoms with Crippen LogP contribution in [0.5, 0.6) is 0 Å². The summed E-state index contributed by atoms with van der Waals surface area (Å²) < 4.78 is 0. The van der Waals surface area contributed by atoms with Crippen molar-refractivity contribution in [3.05, 3.63) is 0 Å². The standard InChI is InChI=1S/C10H17NO2/c1-10(2-3-10)7-11-5-8(6-12)4-9(11)13/h8,12H,2-7H2,1H3. The highest BCUT2D eigenvalue weighted by Gasteiger charge is 2.42. The fourth-order valence-electron chi connectivity index (χ4n) is 1.96. The summed E-state index contributed by atoms with van der Waals surface area (Å²) in [5, 5.41) is 8.94. The van der Waals surface area contributed by atoms with E-state index in [4.69, 9.17) is 5.11 Å². The Kier molecular flexibility index (Phi) is 2.06. The van der Waals surface area contributed by atoms with Crippen molar-refractivity contribution in [2.24, 2.45) is 11.3 Å². The topological polar surface area (TPSA) is 40.5 Å². The number of carbonyl (C=O) groups is 1. The zero-order chi connectivity index (χ0) is 9.47. The van der Waals surface area contributed by atoms with Crippen LogP contribution in [0.4, 0.5) is 0 Å². The average Bonchev–Trinajstić information content (AvgIpc) is 2.70. The molecule has 3 nitrogen and oxygen atoms in total. The van der Waals surface area contributed by atoms with E-state index in [1.165, 1.54) is 12.8 Å².